The van der Waals surface area contributed by atoms with Crippen molar-refractivity contribution in [2.45, 2.75) is 85.7 Å². The third kappa shape index (κ3) is 13.6. The van der Waals surface area contributed by atoms with Crippen molar-refractivity contribution in [3.8, 4) is 0 Å². The van der Waals surface area contributed by atoms with Crippen molar-refractivity contribution in [1.82, 2.24) is 19.6 Å². The maximum absolute atomic E-state index is 8.00. The quantitative estimate of drug-likeness (QED) is 0.162. The smallest absolute Gasteiger partial charge is 0.444 e. The van der Waals surface area contributed by atoms with Crippen molar-refractivity contribution in [2.75, 3.05) is 5.34 Å². The van der Waals surface area contributed by atoms with Crippen LogP contribution in [0, 0.1) is 20.2 Å². The monoisotopic (exact) mass is 555 g/mol. The van der Waals surface area contributed by atoms with Crippen molar-refractivity contribution < 1.29 is 17.1 Å². The van der Waals surface area contributed by atoms with E-state index in [0.29, 0.717) is 30.3 Å². The Balaban J connectivity index is -0.000000780. The second-order valence-corrected chi connectivity index (χ2v) is 8.81. The van der Waals surface area contributed by atoms with Crippen molar-refractivity contribution in [3.63, 3.8) is 0 Å². The molecule has 193 valence electrons. The average molecular weight is 557 g/mol. The molecule has 10 nitrogen and oxygen atoms in total. The summed E-state index contributed by atoms with van der Waals surface area (Å²) < 4.78 is 4.26. The third-order valence-electron chi connectivity index (χ3n) is 4.29. The van der Waals surface area contributed by atoms with Gasteiger partial charge in [0, 0.05) is 11.4 Å². The van der Waals surface area contributed by atoms with E-state index >= 15 is 0 Å². The molecule has 0 aliphatic rings. The first-order valence-electron chi connectivity index (χ1n) is 10.1. The standard InChI is InChI=1S/C19H32N4.CH2Cl2.Cu.2HNO2/c1-12(2)16-9-18(14(5)6)22(20-16)11-23-19(15(7)8)10-17(21-23)13(3)4;2-1-3;;2*2-1-3/h9-10,12-15H,11H2,1-8H3;1H2;;2*(H,2,3)/q;;+2;;/p-2. The summed E-state index contributed by atoms with van der Waals surface area (Å²) in [6.07, 6.45) is 0. The molecule has 2 heterocycles. The summed E-state index contributed by atoms with van der Waals surface area (Å²) in [4.78, 5) is 16.0. The van der Waals surface area contributed by atoms with E-state index in [-0.39, 0.29) is 22.4 Å². The van der Waals surface area contributed by atoms with Crippen LogP contribution in [-0.2, 0) is 23.7 Å². The van der Waals surface area contributed by atoms with Crippen LogP contribution in [0.15, 0.2) is 22.8 Å². The summed E-state index contributed by atoms with van der Waals surface area (Å²) in [5.74, 6) is 1.81. The summed E-state index contributed by atoms with van der Waals surface area (Å²) in [5.41, 5.74) is 4.89. The molecule has 1 radical (unpaired) electrons. The fourth-order valence-electron chi connectivity index (χ4n) is 2.75. The summed E-state index contributed by atoms with van der Waals surface area (Å²) in [5, 5.41) is 27.9. The molecule has 0 aromatic carbocycles. The predicted octanol–water partition coefficient (Wildman–Crippen LogP) is 7.00. The summed E-state index contributed by atoms with van der Waals surface area (Å²) in [6, 6.07) is 4.49. The topological polar surface area (TPSA) is 141 Å². The molecular formula is C20H34Cl2CuN6O4. The number of alkyl halides is 2. The number of aromatic nitrogens is 4. The van der Waals surface area contributed by atoms with Gasteiger partial charge in [-0.3, -0.25) is 0 Å². The van der Waals surface area contributed by atoms with Crippen LogP contribution in [0.25, 0.3) is 0 Å². The fraction of sp³-hybridized carbons (Fsp3) is 0.700. The molecule has 0 bridgehead atoms. The first-order valence-corrected chi connectivity index (χ1v) is 11.2. The molecule has 0 saturated carbocycles. The molecule has 0 unspecified atom stereocenters. The Bertz CT molecular complexity index is 720. The number of nitrogens with zero attached hydrogens (tertiary/aromatic N) is 6. The van der Waals surface area contributed by atoms with Gasteiger partial charge in [-0.1, -0.05) is 55.4 Å². The van der Waals surface area contributed by atoms with Crippen molar-refractivity contribution in [1.29, 1.82) is 0 Å². The van der Waals surface area contributed by atoms with Crippen LogP contribution in [0.1, 0.15) is 102 Å². The molecule has 13 heteroatoms. The van der Waals surface area contributed by atoms with Crippen LogP contribution >= 0.6 is 23.2 Å². The van der Waals surface area contributed by atoms with E-state index in [9.17, 15) is 0 Å². The van der Waals surface area contributed by atoms with Crippen LogP contribution in [0.5, 0.6) is 0 Å². The Morgan fingerprint density at radius 2 is 1.00 bits per heavy atom. The number of hydrogen-bond donors (Lipinski definition) is 0. The zero-order chi connectivity index (χ0) is 25.4. The predicted molar refractivity (Wildman–Crippen MR) is 131 cm³/mol. The van der Waals surface area contributed by atoms with Crippen molar-refractivity contribution in [3.05, 3.63) is 55.1 Å². The van der Waals surface area contributed by atoms with Crippen molar-refractivity contribution >= 4 is 23.2 Å². The maximum atomic E-state index is 8.00. The molecule has 0 amide bonds. The van der Waals surface area contributed by atoms with Gasteiger partial charge in [-0.15, -0.1) is 33.9 Å². The summed E-state index contributed by atoms with van der Waals surface area (Å²) in [6.45, 7) is 18.4. The normalized spacial score (nSPS) is 9.88. The molecule has 33 heavy (non-hydrogen) atoms. The van der Waals surface area contributed by atoms with Gasteiger partial charge >= 0.3 is 17.1 Å². The Morgan fingerprint density at radius 1 is 0.758 bits per heavy atom. The van der Waals surface area contributed by atoms with E-state index in [2.05, 4.69) is 76.9 Å². The molecule has 0 spiro atoms. The number of halogens is 2. The van der Waals surface area contributed by atoms with Gasteiger partial charge in [0.1, 0.15) is 6.67 Å². The average Bonchev–Trinajstić information content (AvgIpc) is 3.29. The van der Waals surface area contributed by atoms with Crippen LogP contribution in [-0.4, -0.2) is 24.9 Å². The Hall–Kier alpha value is -1.68. The molecule has 0 saturated heterocycles. The fourth-order valence-corrected chi connectivity index (χ4v) is 2.75. The van der Waals surface area contributed by atoms with Crippen LogP contribution in [0.2, 0.25) is 0 Å². The molecule has 2 aromatic heterocycles. The van der Waals surface area contributed by atoms with Gasteiger partial charge in [-0.2, -0.15) is 10.2 Å². The maximum Gasteiger partial charge on any atom is 2.00 e. The number of hydrogen-bond acceptors (Lipinski definition) is 8. The SMILES string of the molecule is CC(C)c1cc(C(C)C)n(Cn2nc(C(C)C)cc2C(C)C)n1.ClCCl.O=N[O-].O=N[O-].[Cu+2]. The van der Waals surface area contributed by atoms with Crippen LogP contribution in [0.3, 0.4) is 0 Å². The third-order valence-corrected chi connectivity index (χ3v) is 4.29. The molecule has 2 rings (SSSR count). The largest absolute Gasteiger partial charge is 2.00 e. The van der Waals surface area contributed by atoms with Gasteiger partial charge in [-0.25, -0.2) is 9.36 Å². The molecule has 0 fully saturated rings. The molecule has 0 aliphatic heterocycles. The van der Waals surface area contributed by atoms with Gasteiger partial charge in [0.05, 0.1) is 16.7 Å². The second-order valence-electron chi connectivity index (χ2n) is 8.00. The Morgan fingerprint density at radius 3 is 1.18 bits per heavy atom. The van der Waals surface area contributed by atoms with E-state index < -0.39 is 0 Å². The van der Waals surface area contributed by atoms with Crippen LogP contribution in [0.4, 0.5) is 0 Å². The molecule has 2 aromatic rings. The zero-order valence-corrected chi connectivity index (χ0v) is 22.7. The molecule has 0 N–H and O–H groups in total. The van der Waals surface area contributed by atoms with Gasteiger partial charge in [-0.05, 0) is 35.8 Å². The molecule has 0 atom stereocenters. The van der Waals surface area contributed by atoms with E-state index in [4.69, 9.17) is 53.6 Å². The summed E-state index contributed by atoms with van der Waals surface area (Å²) >= 11 is 9.53. The minimum atomic E-state index is 0. The minimum Gasteiger partial charge on any atom is -0.444 e. The second kappa shape index (κ2) is 19.8. The van der Waals surface area contributed by atoms with E-state index in [0.717, 1.165) is 22.1 Å². The zero-order valence-electron chi connectivity index (χ0n) is 20.3. The first-order chi connectivity index (χ1) is 14.9. The van der Waals surface area contributed by atoms with Crippen LogP contribution < -0.4 is 0 Å². The van der Waals surface area contributed by atoms with Gasteiger partial charge in [0.2, 0.25) is 0 Å². The molecular weight excluding hydrogens is 523 g/mol. The summed E-state index contributed by atoms with van der Waals surface area (Å²) in [7, 11) is 0. The Kier molecular flexibility index (Phi) is 21.5. The molecule has 0 aliphatic carbocycles. The van der Waals surface area contributed by atoms with E-state index in [1.807, 2.05) is 0 Å². The van der Waals surface area contributed by atoms with E-state index in [1.165, 1.54) is 11.4 Å². The van der Waals surface area contributed by atoms with Gasteiger partial charge < -0.3 is 20.2 Å². The first kappa shape index (κ1) is 35.9. The van der Waals surface area contributed by atoms with Gasteiger partial charge in [0.15, 0.2) is 0 Å². The van der Waals surface area contributed by atoms with Gasteiger partial charge in [0.25, 0.3) is 0 Å². The number of rotatable bonds is 6. The minimum absolute atomic E-state index is 0. The van der Waals surface area contributed by atoms with Crippen molar-refractivity contribution in [2.24, 2.45) is 10.7 Å². The van der Waals surface area contributed by atoms with E-state index in [1.54, 1.807) is 0 Å². The Labute approximate surface area is 216 Å².